The molecule has 76 valence electrons. The third-order valence-electron chi connectivity index (χ3n) is 1.05. The number of hydrogen-bond donors (Lipinski definition) is 0. The van der Waals surface area contributed by atoms with Crippen LogP contribution in [0.2, 0.25) is 0 Å². The van der Waals surface area contributed by atoms with Crippen molar-refractivity contribution in [1.29, 1.82) is 0 Å². The highest BCUT2D eigenvalue weighted by Crippen LogP contribution is 2.01. The van der Waals surface area contributed by atoms with E-state index in [1.54, 1.807) is 13.8 Å². The van der Waals surface area contributed by atoms with E-state index < -0.39 is 0 Å². The molecule has 5 heteroatoms. The van der Waals surface area contributed by atoms with Crippen LogP contribution in [0.15, 0.2) is 0 Å². The lowest BCUT2D eigenvalue weighted by Crippen LogP contribution is -2.11. The zero-order valence-electron chi connectivity index (χ0n) is 7.87. The quantitative estimate of drug-likeness (QED) is 0.603. The number of thioether (sulfide) groups is 1. The summed E-state index contributed by atoms with van der Waals surface area (Å²) in [5, 5.41) is 0. The van der Waals surface area contributed by atoms with Crippen molar-refractivity contribution in [3.63, 3.8) is 0 Å². The maximum atomic E-state index is 10.8. The Morgan fingerprint density at radius 3 is 1.69 bits per heavy atom. The lowest BCUT2D eigenvalue weighted by molar-refractivity contribution is -0.140. The summed E-state index contributed by atoms with van der Waals surface area (Å²) < 4.78 is 9.34. The maximum absolute atomic E-state index is 10.8. The van der Waals surface area contributed by atoms with Gasteiger partial charge in [-0.2, -0.15) is 0 Å². The zero-order valence-corrected chi connectivity index (χ0v) is 8.69. The van der Waals surface area contributed by atoms with E-state index in [0.717, 1.165) is 0 Å². The lowest BCUT2D eigenvalue weighted by atomic mass is 10.7. The van der Waals surface area contributed by atoms with Gasteiger partial charge in [0.25, 0.3) is 0 Å². The van der Waals surface area contributed by atoms with Crippen molar-refractivity contribution in [2.45, 2.75) is 13.8 Å². The first kappa shape index (κ1) is 12.3. The molecular weight excluding hydrogens is 192 g/mol. The van der Waals surface area contributed by atoms with Crippen molar-refractivity contribution < 1.29 is 19.1 Å². The Morgan fingerprint density at radius 1 is 1.00 bits per heavy atom. The van der Waals surface area contributed by atoms with E-state index in [1.807, 2.05) is 0 Å². The topological polar surface area (TPSA) is 52.6 Å². The molecule has 13 heavy (non-hydrogen) atoms. The van der Waals surface area contributed by atoms with Crippen LogP contribution in [0.3, 0.4) is 0 Å². The molecule has 0 aliphatic carbocycles. The molecule has 0 rings (SSSR count). The number of rotatable bonds is 6. The predicted molar refractivity (Wildman–Crippen MR) is 50.6 cm³/mol. The van der Waals surface area contributed by atoms with Crippen LogP contribution in [0.1, 0.15) is 13.8 Å². The minimum atomic E-state index is -0.295. The third-order valence-corrected chi connectivity index (χ3v) is 1.93. The molecule has 0 amide bonds. The summed E-state index contributed by atoms with van der Waals surface area (Å²) in [6.45, 7) is 4.24. The van der Waals surface area contributed by atoms with E-state index in [4.69, 9.17) is 0 Å². The van der Waals surface area contributed by atoms with E-state index in [9.17, 15) is 9.59 Å². The highest BCUT2D eigenvalue weighted by Gasteiger charge is 2.05. The van der Waals surface area contributed by atoms with Crippen molar-refractivity contribution in [1.82, 2.24) is 0 Å². The van der Waals surface area contributed by atoms with Gasteiger partial charge in [0.05, 0.1) is 24.7 Å². The standard InChI is InChI=1S/C8H14O4S/c1-3-11-7(9)5-13-6-8(10)12-4-2/h3-6H2,1-2H3. The molecule has 0 spiro atoms. The average molecular weight is 206 g/mol. The van der Waals surface area contributed by atoms with E-state index in [2.05, 4.69) is 9.47 Å². The van der Waals surface area contributed by atoms with Gasteiger partial charge in [0.2, 0.25) is 0 Å². The van der Waals surface area contributed by atoms with Crippen LogP contribution in [-0.4, -0.2) is 36.7 Å². The molecule has 0 atom stereocenters. The molecular formula is C8H14O4S. The van der Waals surface area contributed by atoms with Crippen LogP contribution in [0.4, 0.5) is 0 Å². The van der Waals surface area contributed by atoms with Gasteiger partial charge in [0.15, 0.2) is 0 Å². The second-order valence-electron chi connectivity index (χ2n) is 2.10. The molecule has 0 fully saturated rings. The second kappa shape index (κ2) is 7.91. The molecule has 4 nitrogen and oxygen atoms in total. The SMILES string of the molecule is CCOC(=O)CSCC(=O)OCC. The molecule has 0 aromatic heterocycles. The van der Waals surface area contributed by atoms with E-state index >= 15 is 0 Å². The molecule has 0 aliphatic heterocycles. The highest BCUT2D eigenvalue weighted by molar-refractivity contribution is 8.00. The fourth-order valence-corrected chi connectivity index (χ4v) is 1.23. The summed E-state index contributed by atoms with van der Waals surface area (Å²) in [5.74, 6) is -0.187. The van der Waals surface area contributed by atoms with Crippen LogP contribution in [0.25, 0.3) is 0 Å². The van der Waals surface area contributed by atoms with Gasteiger partial charge in [0.1, 0.15) is 0 Å². The molecule has 0 radical (unpaired) electrons. The first-order valence-corrected chi connectivity index (χ1v) is 5.25. The Bertz CT molecular complexity index is 152. The van der Waals surface area contributed by atoms with Crippen LogP contribution >= 0.6 is 11.8 Å². The normalized spacial score (nSPS) is 9.38. The van der Waals surface area contributed by atoms with E-state index in [0.29, 0.717) is 13.2 Å². The minimum absolute atomic E-state index is 0.201. The Hall–Kier alpha value is -0.710. The van der Waals surface area contributed by atoms with Gasteiger partial charge in [-0.3, -0.25) is 9.59 Å². The minimum Gasteiger partial charge on any atom is -0.465 e. The smallest absolute Gasteiger partial charge is 0.315 e. The fraction of sp³-hybridized carbons (Fsp3) is 0.750. The van der Waals surface area contributed by atoms with Crippen molar-refractivity contribution >= 4 is 23.7 Å². The summed E-state index contributed by atoms with van der Waals surface area (Å²) in [4.78, 5) is 21.6. The van der Waals surface area contributed by atoms with Gasteiger partial charge in [-0.25, -0.2) is 0 Å². The average Bonchev–Trinajstić information content (AvgIpc) is 2.05. The first-order valence-electron chi connectivity index (χ1n) is 4.09. The van der Waals surface area contributed by atoms with Gasteiger partial charge >= 0.3 is 11.9 Å². The van der Waals surface area contributed by atoms with E-state index in [-0.39, 0.29) is 23.4 Å². The Kier molecular flexibility index (Phi) is 7.48. The van der Waals surface area contributed by atoms with Crippen LogP contribution in [0, 0.1) is 0 Å². The molecule has 0 unspecified atom stereocenters. The zero-order chi connectivity index (χ0) is 10.1. The second-order valence-corrected chi connectivity index (χ2v) is 3.09. The van der Waals surface area contributed by atoms with Crippen molar-refractivity contribution in [2.75, 3.05) is 24.7 Å². The summed E-state index contributed by atoms with van der Waals surface area (Å²) in [5.41, 5.74) is 0. The van der Waals surface area contributed by atoms with Crippen molar-refractivity contribution in [3.8, 4) is 0 Å². The number of hydrogen-bond acceptors (Lipinski definition) is 5. The monoisotopic (exact) mass is 206 g/mol. The molecule has 0 aliphatic rings. The van der Waals surface area contributed by atoms with Crippen molar-refractivity contribution in [3.05, 3.63) is 0 Å². The molecule has 0 aromatic rings. The van der Waals surface area contributed by atoms with Gasteiger partial charge < -0.3 is 9.47 Å². The Morgan fingerprint density at radius 2 is 1.38 bits per heavy atom. The van der Waals surface area contributed by atoms with Crippen LogP contribution < -0.4 is 0 Å². The van der Waals surface area contributed by atoms with Gasteiger partial charge in [-0.15, -0.1) is 11.8 Å². The fourth-order valence-electron chi connectivity index (χ4n) is 0.623. The maximum Gasteiger partial charge on any atom is 0.315 e. The summed E-state index contributed by atoms with van der Waals surface area (Å²) in [6, 6.07) is 0. The molecule has 0 saturated carbocycles. The first-order chi connectivity index (χ1) is 6.20. The van der Waals surface area contributed by atoms with Crippen LogP contribution in [0.5, 0.6) is 0 Å². The lowest BCUT2D eigenvalue weighted by Gasteiger charge is -2.01. The van der Waals surface area contributed by atoms with Gasteiger partial charge in [-0.1, -0.05) is 0 Å². The predicted octanol–water partition coefficient (Wildman–Crippen LogP) is 0.846. The molecule has 0 saturated heterocycles. The van der Waals surface area contributed by atoms with Gasteiger partial charge in [0, 0.05) is 0 Å². The van der Waals surface area contributed by atoms with Gasteiger partial charge in [-0.05, 0) is 13.8 Å². The number of carbonyl (C=O) groups excluding carboxylic acids is 2. The van der Waals surface area contributed by atoms with Crippen molar-refractivity contribution in [2.24, 2.45) is 0 Å². The molecule has 0 N–H and O–H groups in total. The summed E-state index contributed by atoms with van der Waals surface area (Å²) in [7, 11) is 0. The summed E-state index contributed by atoms with van der Waals surface area (Å²) >= 11 is 1.20. The largest absolute Gasteiger partial charge is 0.465 e. The number of esters is 2. The molecule has 0 heterocycles. The highest BCUT2D eigenvalue weighted by atomic mass is 32.2. The number of carbonyl (C=O) groups is 2. The molecule has 0 aromatic carbocycles. The Labute approximate surface area is 82.0 Å². The number of ether oxygens (including phenoxy) is 2. The Balaban J connectivity index is 3.33. The van der Waals surface area contributed by atoms with E-state index in [1.165, 1.54) is 11.8 Å². The van der Waals surface area contributed by atoms with Crippen LogP contribution in [-0.2, 0) is 19.1 Å². The molecule has 0 bridgehead atoms. The summed E-state index contributed by atoms with van der Waals surface area (Å²) in [6.07, 6.45) is 0. The third kappa shape index (κ3) is 7.64.